The molecule has 134 valence electrons. The number of hydrazone groups is 1. The van der Waals surface area contributed by atoms with Crippen molar-refractivity contribution in [2.45, 2.75) is 17.7 Å². The van der Waals surface area contributed by atoms with E-state index < -0.39 is 21.9 Å². The zero-order chi connectivity index (χ0) is 18.9. The molecule has 1 unspecified atom stereocenters. The average molecular weight is 371 g/mol. The first-order valence-electron chi connectivity index (χ1n) is 7.84. The number of carbonyl (C=O) groups is 1. The Hall–Kier alpha value is -3.00. The Balaban J connectivity index is 1.86. The Morgan fingerprint density at radius 2 is 1.96 bits per heavy atom. The zero-order valence-corrected chi connectivity index (χ0v) is 15.0. The lowest BCUT2D eigenvalue weighted by Crippen LogP contribution is -2.21. The van der Waals surface area contributed by atoms with Crippen LogP contribution in [-0.4, -0.2) is 43.6 Å². The number of sulfonamides is 1. The van der Waals surface area contributed by atoms with Gasteiger partial charge in [0.2, 0.25) is 0 Å². The van der Waals surface area contributed by atoms with Gasteiger partial charge >= 0.3 is 5.97 Å². The van der Waals surface area contributed by atoms with Crippen LogP contribution >= 0.6 is 0 Å². The molecule has 0 bridgehead atoms. The summed E-state index contributed by atoms with van der Waals surface area (Å²) in [6, 6.07) is 13.6. The average Bonchev–Trinajstić information content (AvgIpc) is 2.91. The summed E-state index contributed by atoms with van der Waals surface area (Å²) in [7, 11) is -2.10. The molecule has 0 saturated heterocycles. The number of hydrogen-bond donors (Lipinski definition) is 1. The van der Waals surface area contributed by atoms with E-state index in [4.69, 9.17) is 5.11 Å². The maximum absolute atomic E-state index is 12.1. The lowest BCUT2D eigenvalue weighted by molar-refractivity contribution is -0.138. The highest BCUT2D eigenvalue weighted by atomic mass is 32.2. The van der Waals surface area contributed by atoms with Crippen LogP contribution in [-0.2, 0) is 14.8 Å². The van der Waals surface area contributed by atoms with Crippen molar-refractivity contribution in [2.75, 3.05) is 7.05 Å². The van der Waals surface area contributed by atoms with Gasteiger partial charge in [0.25, 0.3) is 10.0 Å². The molecule has 26 heavy (non-hydrogen) atoms. The number of rotatable bonds is 4. The summed E-state index contributed by atoms with van der Waals surface area (Å²) in [4.78, 5) is 11.3. The Labute approximate surface area is 151 Å². The molecule has 1 heterocycles. The van der Waals surface area contributed by atoms with Crippen molar-refractivity contribution in [2.24, 2.45) is 9.50 Å². The molecule has 1 N–H and O–H groups in total. The van der Waals surface area contributed by atoms with Crippen LogP contribution in [0.4, 0.5) is 0 Å². The van der Waals surface area contributed by atoms with Crippen molar-refractivity contribution in [3.63, 3.8) is 0 Å². The highest BCUT2D eigenvalue weighted by Crippen LogP contribution is 2.27. The lowest BCUT2D eigenvalue weighted by Gasteiger charge is -2.12. The summed E-state index contributed by atoms with van der Waals surface area (Å²) in [6.45, 7) is 1.61. The van der Waals surface area contributed by atoms with Crippen LogP contribution in [0, 0.1) is 0 Å². The SMILES string of the molecule is CC(C(=O)O)c1cccc(/C=N/N(C)C2=NS(=O)(=O)c3ccccc32)c1. The molecule has 0 amide bonds. The first-order chi connectivity index (χ1) is 12.3. The van der Waals surface area contributed by atoms with Gasteiger partial charge in [-0.05, 0) is 36.2 Å². The van der Waals surface area contributed by atoms with Gasteiger partial charge in [0.1, 0.15) is 4.90 Å². The van der Waals surface area contributed by atoms with Crippen LogP contribution in [0.3, 0.4) is 0 Å². The van der Waals surface area contributed by atoms with E-state index in [0.717, 1.165) is 0 Å². The topological polar surface area (TPSA) is 99.4 Å². The second-order valence-corrected chi connectivity index (χ2v) is 7.46. The predicted molar refractivity (Wildman–Crippen MR) is 98.0 cm³/mol. The molecule has 1 aliphatic heterocycles. The zero-order valence-electron chi connectivity index (χ0n) is 14.2. The minimum absolute atomic E-state index is 0.161. The first kappa shape index (κ1) is 17.8. The number of amidine groups is 1. The molecule has 8 heteroatoms. The smallest absolute Gasteiger partial charge is 0.310 e. The van der Waals surface area contributed by atoms with Crippen molar-refractivity contribution in [3.8, 4) is 0 Å². The molecule has 0 aliphatic carbocycles. The van der Waals surface area contributed by atoms with Crippen molar-refractivity contribution in [1.82, 2.24) is 5.01 Å². The quantitative estimate of drug-likeness (QED) is 0.657. The van der Waals surface area contributed by atoms with Crippen LogP contribution in [0.5, 0.6) is 0 Å². The fraction of sp³-hybridized carbons (Fsp3) is 0.167. The number of carboxylic acid groups (broad SMARTS) is 1. The first-order valence-corrected chi connectivity index (χ1v) is 9.28. The minimum Gasteiger partial charge on any atom is -0.481 e. The van der Waals surface area contributed by atoms with Gasteiger partial charge in [0.05, 0.1) is 12.1 Å². The van der Waals surface area contributed by atoms with E-state index >= 15 is 0 Å². The van der Waals surface area contributed by atoms with Gasteiger partial charge in [0, 0.05) is 12.6 Å². The third-order valence-corrected chi connectivity index (χ3v) is 5.41. The van der Waals surface area contributed by atoms with Crippen molar-refractivity contribution < 1.29 is 18.3 Å². The molecule has 1 aliphatic rings. The van der Waals surface area contributed by atoms with Gasteiger partial charge in [-0.2, -0.15) is 13.5 Å². The van der Waals surface area contributed by atoms with Gasteiger partial charge < -0.3 is 5.11 Å². The van der Waals surface area contributed by atoms with Gasteiger partial charge in [-0.25, -0.2) is 5.01 Å². The van der Waals surface area contributed by atoms with E-state index in [0.29, 0.717) is 16.7 Å². The molecule has 0 radical (unpaired) electrons. The largest absolute Gasteiger partial charge is 0.481 e. The fourth-order valence-electron chi connectivity index (χ4n) is 2.58. The summed E-state index contributed by atoms with van der Waals surface area (Å²) < 4.78 is 28.0. The van der Waals surface area contributed by atoms with Crippen molar-refractivity contribution in [3.05, 3.63) is 65.2 Å². The summed E-state index contributed by atoms with van der Waals surface area (Å²) >= 11 is 0. The van der Waals surface area contributed by atoms with E-state index in [9.17, 15) is 13.2 Å². The van der Waals surface area contributed by atoms with Crippen molar-refractivity contribution >= 4 is 28.0 Å². The molecule has 0 spiro atoms. The fourth-order valence-corrected chi connectivity index (χ4v) is 3.81. The number of hydrogen-bond acceptors (Lipinski definition) is 5. The second-order valence-electron chi connectivity index (χ2n) is 5.88. The standard InChI is InChI=1S/C18H17N3O4S/c1-12(18(22)23)14-7-5-6-13(10-14)11-19-21(2)17-15-8-3-4-9-16(15)26(24,25)20-17/h3-12H,1-2H3,(H,22,23)/b19-11+. The summed E-state index contributed by atoms with van der Waals surface area (Å²) in [5, 5.41) is 14.8. The van der Waals surface area contributed by atoms with E-state index in [1.807, 2.05) is 0 Å². The third kappa shape index (κ3) is 3.36. The van der Waals surface area contributed by atoms with Crippen LogP contribution in [0.1, 0.15) is 29.5 Å². The number of fused-ring (bicyclic) bond motifs is 1. The Morgan fingerprint density at radius 1 is 1.23 bits per heavy atom. The highest BCUT2D eigenvalue weighted by Gasteiger charge is 2.30. The number of aliphatic carboxylic acids is 1. The predicted octanol–water partition coefficient (Wildman–Crippen LogP) is 2.29. The molecular formula is C18H17N3O4S. The van der Waals surface area contributed by atoms with E-state index in [1.165, 1.54) is 17.3 Å². The molecule has 2 aromatic carbocycles. The van der Waals surface area contributed by atoms with Gasteiger partial charge in [-0.15, -0.1) is 4.40 Å². The number of nitrogens with zero attached hydrogens (tertiary/aromatic N) is 3. The Bertz CT molecular complexity index is 1030. The molecule has 1 atom stereocenters. The normalized spacial score (nSPS) is 16.2. The molecule has 2 aromatic rings. The van der Waals surface area contributed by atoms with Crippen LogP contribution in [0.25, 0.3) is 0 Å². The second kappa shape index (κ2) is 6.72. The van der Waals surface area contributed by atoms with Gasteiger partial charge in [-0.3, -0.25) is 4.79 Å². The Morgan fingerprint density at radius 3 is 2.69 bits per heavy atom. The maximum Gasteiger partial charge on any atom is 0.310 e. The lowest BCUT2D eigenvalue weighted by atomic mass is 10.00. The van der Waals surface area contributed by atoms with E-state index in [1.54, 1.807) is 56.4 Å². The Kier molecular flexibility index (Phi) is 4.60. The van der Waals surface area contributed by atoms with Gasteiger partial charge in [0.15, 0.2) is 5.84 Å². The monoisotopic (exact) mass is 371 g/mol. The summed E-state index contributed by atoms with van der Waals surface area (Å²) in [6.07, 6.45) is 1.54. The highest BCUT2D eigenvalue weighted by molar-refractivity contribution is 7.90. The van der Waals surface area contributed by atoms with Crippen molar-refractivity contribution in [1.29, 1.82) is 0 Å². The minimum atomic E-state index is -3.70. The molecule has 7 nitrogen and oxygen atoms in total. The van der Waals surface area contributed by atoms with Gasteiger partial charge in [-0.1, -0.05) is 30.3 Å². The third-order valence-electron chi connectivity index (χ3n) is 4.08. The van der Waals surface area contributed by atoms with E-state index in [2.05, 4.69) is 9.50 Å². The molecule has 3 rings (SSSR count). The molecule has 0 saturated carbocycles. The summed E-state index contributed by atoms with van der Waals surface area (Å²) in [5.41, 5.74) is 1.87. The maximum atomic E-state index is 12.1. The van der Waals surface area contributed by atoms with Crippen LogP contribution in [0.2, 0.25) is 0 Å². The number of benzene rings is 2. The van der Waals surface area contributed by atoms with Crippen LogP contribution < -0.4 is 0 Å². The summed E-state index contributed by atoms with van der Waals surface area (Å²) in [5.74, 6) is -1.29. The molecule has 0 aromatic heterocycles. The molecule has 0 fully saturated rings. The number of carboxylic acids is 1. The molecular weight excluding hydrogens is 354 g/mol. The van der Waals surface area contributed by atoms with Crippen LogP contribution in [0.15, 0.2) is 62.9 Å². The van der Waals surface area contributed by atoms with E-state index in [-0.39, 0.29) is 10.7 Å².